The lowest BCUT2D eigenvalue weighted by molar-refractivity contribution is -0.126. The second-order valence-electron chi connectivity index (χ2n) is 6.18. The number of fused-ring (bicyclic) bond motifs is 1. The first-order valence-electron chi connectivity index (χ1n) is 7.80. The van der Waals surface area contributed by atoms with Gasteiger partial charge in [-0.2, -0.15) is 18.2 Å². The maximum Gasteiger partial charge on any atom is 0.393 e. The van der Waals surface area contributed by atoms with Crippen LogP contribution in [-0.4, -0.2) is 42.3 Å². The zero-order chi connectivity index (χ0) is 17.5. The Morgan fingerprint density at radius 2 is 2.12 bits per heavy atom. The van der Waals surface area contributed by atoms with Gasteiger partial charge in [0.15, 0.2) is 0 Å². The van der Waals surface area contributed by atoms with E-state index in [9.17, 15) is 13.2 Å². The number of halogens is 3. The number of alkyl halides is 3. The molecular formula is C15H20F3N5S. The lowest BCUT2D eigenvalue weighted by Gasteiger charge is -2.26. The Hall–Kier alpha value is -1.61. The zero-order valence-corrected chi connectivity index (χ0v) is 14.3. The number of rotatable bonds is 4. The topological polar surface area (TPSA) is 67.1 Å². The molecule has 1 saturated carbocycles. The largest absolute Gasteiger partial charge is 0.393 e. The number of nitrogens with zero attached hydrogens (tertiary/aromatic N) is 3. The first-order chi connectivity index (χ1) is 11.3. The van der Waals surface area contributed by atoms with Crippen LogP contribution in [0.2, 0.25) is 0 Å². The number of aromatic nitrogens is 2. The van der Waals surface area contributed by atoms with Crippen LogP contribution in [0.3, 0.4) is 0 Å². The zero-order valence-electron chi connectivity index (χ0n) is 13.5. The van der Waals surface area contributed by atoms with Gasteiger partial charge < -0.3 is 16.0 Å². The number of hydrogen-bond acceptors (Lipinski definition) is 6. The van der Waals surface area contributed by atoms with Gasteiger partial charge in [-0.3, -0.25) is 0 Å². The molecular weight excluding hydrogens is 339 g/mol. The van der Waals surface area contributed by atoms with E-state index in [2.05, 4.69) is 15.3 Å². The quantitative estimate of drug-likeness (QED) is 0.878. The summed E-state index contributed by atoms with van der Waals surface area (Å²) in [5.41, 5.74) is 5.99. The summed E-state index contributed by atoms with van der Waals surface area (Å²) in [5.74, 6) is 1.07. The molecule has 2 unspecified atom stereocenters. The SMILES string of the molecule is CNc1nc(N(C)C2CCC(N)C2)c2cc(CC(F)(F)F)sc2n1. The highest BCUT2D eigenvalue weighted by Gasteiger charge is 2.31. The van der Waals surface area contributed by atoms with Gasteiger partial charge in [-0.25, -0.2) is 4.98 Å². The van der Waals surface area contributed by atoms with Crippen molar-refractivity contribution in [1.82, 2.24) is 9.97 Å². The van der Waals surface area contributed by atoms with Gasteiger partial charge >= 0.3 is 6.18 Å². The smallest absolute Gasteiger partial charge is 0.357 e. The summed E-state index contributed by atoms with van der Waals surface area (Å²) in [7, 11) is 3.62. The monoisotopic (exact) mass is 359 g/mol. The van der Waals surface area contributed by atoms with Crippen molar-refractivity contribution in [2.75, 3.05) is 24.3 Å². The summed E-state index contributed by atoms with van der Waals surface area (Å²) < 4.78 is 38.1. The van der Waals surface area contributed by atoms with Crippen LogP contribution in [0.1, 0.15) is 24.1 Å². The molecule has 3 N–H and O–H groups in total. The van der Waals surface area contributed by atoms with Gasteiger partial charge in [0.05, 0.1) is 11.8 Å². The first-order valence-corrected chi connectivity index (χ1v) is 8.62. The molecule has 1 fully saturated rings. The maximum atomic E-state index is 12.7. The van der Waals surface area contributed by atoms with E-state index < -0.39 is 12.6 Å². The fourth-order valence-corrected chi connectivity index (χ4v) is 4.19. The number of anilines is 2. The standard InChI is InChI=1S/C15H20F3N5S/c1-20-14-21-12(23(2)9-4-3-8(19)5-9)11-6-10(7-15(16,17)18)24-13(11)22-14/h6,8-9H,3-5,7,19H2,1-2H3,(H,20,21,22). The third kappa shape index (κ3) is 3.56. The second kappa shape index (κ2) is 6.36. The van der Waals surface area contributed by atoms with Crippen molar-refractivity contribution in [3.05, 3.63) is 10.9 Å². The predicted molar refractivity (Wildman–Crippen MR) is 90.7 cm³/mol. The minimum atomic E-state index is -4.23. The molecule has 1 aliphatic carbocycles. The third-order valence-electron chi connectivity index (χ3n) is 4.35. The summed E-state index contributed by atoms with van der Waals surface area (Å²) in [6, 6.07) is 1.98. The van der Waals surface area contributed by atoms with Gasteiger partial charge in [0, 0.05) is 31.1 Å². The minimum absolute atomic E-state index is 0.168. The van der Waals surface area contributed by atoms with E-state index in [0.29, 0.717) is 22.0 Å². The highest BCUT2D eigenvalue weighted by molar-refractivity contribution is 7.18. The number of thiophene rings is 1. The number of nitrogens with one attached hydrogen (secondary N) is 1. The lowest BCUT2D eigenvalue weighted by Crippen LogP contribution is -2.31. The Kier molecular flexibility index (Phi) is 4.56. The molecule has 0 amide bonds. The molecule has 2 aromatic rings. The maximum absolute atomic E-state index is 12.7. The molecule has 0 bridgehead atoms. The van der Waals surface area contributed by atoms with E-state index >= 15 is 0 Å². The molecule has 24 heavy (non-hydrogen) atoms. The highest BCUT2D eigenvalue weighted by Crippen LogP contribution is 2.36. The van der Waals surface area contributed by atoms with Gasteiger partial charge in [-0.1, -0.05) is 0 Å². The normalized spacial score (nSPS) is 21.4. The van der Waals surface area contributed by atoms with Crippen molar-refractivity contribution in [1.29, 1.82) is 0 Å². The van der Waals surface area contributed by atoms with Crippen LogP contribution < -0.4 is 16.0 Å². The van der Waals surface area contributed by atoms with Crippen molar-refractivity contribution in [3.8, 4) is 0 Å². The molecule has 0 spiro atoms. The van der Waals surface area contributed by atoms with Crippen molar-refractivity contribution in [2.45, 2.75) is 43.9 Å². The highest BCUT2D eigenvalue weighted by atomic mass is 32.1. The van der Waals surface area contributed by atoms with Crippen LogP contribution in [0.4, 0.5) is 24.9 Å². The predicted octanol–water partition coefficient (Wildman–Crippen LogP) is 3.15. The fraction of sp³-hybridized carbons (Fsp3) is 0.600. The molecule has 2 aromatic heterocycles. The van der Waals surface area contributed by atoms with E-state index in [1.165, 1.54) is 0 Å². The van der Waals surface area contributed by atoms with Gasteiger partial charge in [0.1, 0.15) is 10.6 Å². The second-order valence-corrected chi connectivity index (χ2v) is 7.30. The Morgan fingerprint density at radius 3 is 2.71 bits per heavy atom. The molecule has 2 atom stereocenters. The Labute approximate surface area is 142 Å². The summed E-state index contributed by atoms with van der Waals surface area (Å²) in [4.78, 5) is 11.6. The van der Waals surface area contributed by atoms with Crippen molar-refractivity contribution in [2.24, 2.45) is 5.73 Å². The fourth-order valence-electron chi connectivity index (χ4n) is 3.14. The first kappa shape index (κ1) is 17.2. The Morgan fingerprint density at radius 1 is 1.38 bits per heavy atom. The van der Waals surface area contributed by atoms with E-state index in [1.807, 2.05) is 11.9 Å². The van der Waals surface area contributed by atoms with Crippen LogP contribution in [0.15, 0.2) is 6.07 Å². The molecule has 3 rings (SSSR count). The molecule has 2 heterocycles. The number of nitrogens with two attached hydrogens (primary N) is 1. The van der Waals surface area contributed by atoms with E-state index in [0.717, 1.165) is 30.6 Å². The van der Waals surface area contributed by atoms with Crippen LogP contribution in [0, 0.1) is 0 Å². The molecule has 5 nitrogen and oxygen atoms in total. The van der Waals surface area contributed by atoms with Crippen molar-refractivity contribution < 1.29 is 13.2 Å². The molecule has 0 aliphatic heterocycles. The van der Waals surface area contributed by atoms with E-state index in [4.69, 9.17) is 5.73 Å². The van der Waals surface area contributed by atoms with Gasteiger partial charge in [-0.15, -0.1) is 11.3 Å². The van der Waals surface area contributed by atoms with Crippen LogP contribution in [0.25, 0.3) is 10.2 Å². The minimum Gasteiger partial charge on any atom is -0.357 e. The lowest BCUT2D eigenvalue weighted by atomic mass is 10.2. The van der Waals surface area contributed by atoms with Gasteiger partial charge in [-0.05, 0) is 25.3 Å². The van der Waals surface area contributed by atoms with Crippen LogP contribution in [-0.2, 0) is 6.42 Å². The molecule has 9 heteroatoms. The molecule has 1 aliphatic rings. The van der Waals surface area contributed by atoms with Gasteiger partial charge in [0.2, 0.25) is 5.95 Å². The molecule has 132 valence electrons. The summed E-state index contributed by atoms with van der Waals surface area (Å²) in [5, 5.41) is 3.55. The Balaban J connectivity index is 2.01. The molecule has 0 saturated heterocycles. The summed E-state index contributed by atoms with van der Waals surface area (Å²) in [6.07, 6.45) is -2.41. The van der Waals surface area contributed by atoms with Crippen molar-refractivity contribution >= 4 is 33.3 Å². The molecule has 0 aromatic carbocycles. The van der Waals surface area contributed by atoms with Crippen molar-refractivity contribution in [3.63, 3.8) is 0 Å². The van der Waals surface area contributed by atoms with E-state index in [1.54, 1.807) is 13.1 Å². The molecule has 0 radical (unpaired) electrons. The number of hydrogen-bond donors (Lipinski definition) is 2. The third-order valence-corrected chi connectivity index (χ3v) is 5.38. The summed E-state index contributed by atoms with van der Waals surface area (Å²) in [6.45, 7) is 0. The summed E-state index contributed by atoms with van der Waals surface area (Å²) >= 11 is 1.07. The van der Waals surface area contributed by atoms with E-state index in [-0.39, 0.29) is 17.0 Å². The average molecular weight is 359 g/mol. The average Bonchev–Trinajstić information content (AvgIpc) is 3.09. The van der Waals surface area contributed by atoms with Gasteiger partial charge in [0.25, 0.3) is 0 Å². The van der Waals surface area contributed by atoms with Crippen LogP contribution in [0.5, 0.6) is 0 Å². The van der Waals surface area contributed by atoms with Crippen LogP contribution >= 0.6 is 11.3 Å². The Bertz CT molecular complexity index is 730.